The van der Waals surface area contributed by atoms with E-state index in [4.69, 9.17) is 0 Å². The average Bonchev–Trinajstić information content (AvgIpc) is 2.86. The SMILES string of the molecule is Cc1c2c(O)[c-]c(O)c1C(C)c1c(O)[c-]c(O)c(c1C)C(C)c1c(O)[c-]c(O)c(c1C)C(C)c1c(O)[c-]c(O)c(c1C)C2C.[Y].[Y].[Y].[Y]. The first-order valence-electron chi connectivity index (χ1n) is 14.4. The van der Waals surface area contributed by atoms with Crippen LogP contribution >= 0.6 is 0 Å². The fourth-order valence-corrected chi connectivity index (χ4v) is 7.80. The minimum absolute atomic E-state index is 0. The Morgan fingerprint density at radius 3 is 0.500 bits per heavy atom. The Morgan fingerprint density at radius 1 is 0.292 bits per heavy atom. The minimum atomic E-state index is -0.693. The van der Waals surface area contributed by atoms with E-state index in [2.05, 4.69) is 24.3 Å². The zero-order chi connectivity index (χ0) is 32.7. The number of benzene rings is 4. The number of phenols is 8. The molecule has 5 rings (SSSR count). The van der Waals surface area contributed by atoms with Crippen molar-refractivity contribution in [2.75, 3.05) is 0 Å². The van der Waals surface area contributed by atoms with Gasteiger partial charge >= 0.3 is 0 Å². The van der Waals surface area contributed by atoms with E-state index in [0.717, 1.165) is 0 Å². The molecular weight excluding hydrogens is 916 g/mol. The molecule has 244 valence electrons. The molecule has 12 heteroatoms. The third-order valence-corrected chi connectivity index (χ3v) is 9.68. The molecule has 4 aromatic carbocycles. The maximum Gasteiger partial charge on any atom is 0.0105 e. The van der Waals surface area contributed by atoms with E-state index in [1.54, 1.807) is 55.4 Å². The van der Waals surface area contributed by atoms with E-state index in [-0.39, 0.29) is 177 Å². The van der Waals surface area contributed by atoms with Gasteiger partial charge in [-0.05, 0) is 0 Å². The number of aromatic hydroxyl groups is 8. The van der Waals surface area contributed by atoms with Gasteiger partial charge in [0.2, 0.25) is 0 Å². The predicted octanol–water partition coefficient (Wildman–Crippen LogP) is 6.68. The molecule has 0 fully saturated rings. The number of phenolic OH excluding ortho intramolecular Hbond substituents is 8. The number of hydrogen-bond donors (Lipinski definition) is 8. The molecule has 0 amide bonds. The molecule has 0 aromatic heterocycles. The predicted molar refractivity (Wildman–Crippen MR) is 163 cm³/mol. The van der Waals surface area contributed by atoms with Crippen molar-refractivity contribution in [2.45, 2.75) is 79.1 Å². The molecular formula is C36H36O8Y4-4. The van der Waals surface area contributed by atoms with Crippen LogP contribution in [0.5, 0.6) is 46.0 Å². The van der Waals surface area contributed by atoms with Crippen molar-refractivity contribution >= 4 is 0 Å². The second-order valence-electron chi connectivity index (χ2n) is 12.0. The van der Waals surface area contributed by atoms with E-state index in [1.165, 1.54) is 0 Å². The van der Waals surface area contributed by atoms with Gasteiger partial charge in [0.25, 0.3) is 0 Å². The van der Waals surface area contributed by atoms with Gasteiger partial charge in [-0.1, -0.05) is 103 Å². The Balaban J connectivity index is 0.00000288. The zero-order valence-corrected chi connectivity index (χ0v) is 39.5. The van der Waals surface area contributed by atoms with Crippen LogP contribution in [0.2, 0.25) is 0 Å². The summed E-state index contributed by atoms with van der Waals surface area (Å²) >= 11 is 0. The van der Waals surface area contributed by atoms with Gasteiger partial charge in [-0.25, -0.2) is 0 Å². The van der Waals surface area contributed by atoms with E-state index in [1.807, 2.05) is 0 Å². The normalized spacial score (nSPS) is 18.0. The molecule has 8 bridgehead atoms. The summed E-state index contributed by atoms with van der Waals surface area (Å²) in [5.41, 5.74) is 4.84. The minimum Gasteiger partial charge on any atom is -0.534 e. The smallest absolute Gasteiger partial charge is 0.0105 e. The summed E-state index contributed by atoms with van der Waals surface area (Å²) in [5.74, 6) is -5.40. The van der Waals surface area contributed by atoms with Crippen LogP contribution in [0.4, 0.5) is 0 Å². The van der Waals surface area contributed by atoms with Crippen molar-refractivity contribution in [1.82, 2.24) is 0 Å². The van der Waals surface area contributed by atoms with Crippen molar-refractivity contribution in [3.63, 3.8) is 0 Å². The molecule has 1 aliphatic carbocycles. The number of fused-ring (bicyclic) bond motifs is 8. The number of hydrogen-bond acceptors (Lipinski definition) is 8. The van der Waals surface area contributed by atoms with Crippen molar-refractivity contribution in [3.05, 3.63) is 91.0 Å². The summed E-state index contributed by atoms with van der Waals surface area (Å²) in [4.78, 5) is 0. The molecule has 1 aliphatic rings. The Hall–Kier alpha value is -0.304. The van der Waals surface area contributed by atoms with Gasteiger partial charge < -0.3 is 40.9 Å². The molecule has 0 saturated heterocycles. The van der Waals surface area contributed by atoms with Crippen LogP contribution in [-0.2, 0) is 131 Å². The molecule has 0 aliphatic heterocycles. The number of rotatable bonds is 0. The summed E-state index contributed by atoms with van der Waals surface area (Å²) in [5, 5.41) is 88.8. The molecule has 4 radical (unpaired) electrons. The quantitative estimate of drug-likeness (QED) is 0.0908. The first-order valence-corrected chi connectivity index (χ1v) is 14.4. The fraction of sp³-hybridized carbons (Fsp3) is 0.333. The Morgan fingerprint density at radius 2 is 0.396 bits per heavy atom. The zero-order valence-electron chi connectivity index (χ0n) is 28.2. The van der Waals surface area contributed by atoms with E-state index >= 15 is 0 Å². The van der Waals surface area contributed by atoms with Gasteiger partial charge in [-0.2, -0.15) is 0 Å². The first kappa shape index (κ1) is 45.7. The second-order valence-corrected chi connectivity index (χ2v) is 12.0. The van der Waals surface area contributed by atoms with Crippen molar-refractivity contribution in [2.24, 2.45) is 0 Å². The maximum atomic E-state index is 11.1. The van der Waals surface area contributed by atoms with Crippen LogP contribution in [0.25, 0.3) is 0 Å². The van der Waals surface area contributed by atoms with Gasteiger partial charge in [0.1, 0.15) is 0 Å². The summed E-state index contributed by atoms with van der Waals surface area (Å²) in [6.45, 7) is 13.9. The summed E-state index contributed by atoms with van der Waals surface area (Å²) < 4.78 is 0. The first-order chi connectivity index (χ1) is 20.5. The summed E-state index contributed by atoms with van der Waals surface area (Å²) in [7, 11) is 0. The molecule has 0 spiro atoms. The average molecular weight is 952 g/mol. The van der Waals surface area contributed by atoms with Crippen molar-refractivity contribution in [1.29, 1.82) is 0 Å². The molecule has 0 atom stereocenters. The van der Waals surface area contributed by atoms with E-state index < -0.39 is 23.7 Å². The Bertz CT molecular complexity index is 1490. The van der Waals surface area contributed by atoms with Gasteiger partial charge in [-0.15, -0.1) is 66.8 Å². The monoisotopic (exact) mass is 952 g/mol. The van der Waals surface area contributed by atoms with Crippen LogP contribution < -0.4 is 0 Å². The van der Waals surface area contributed by atoms with Crippen molar-refractivity contribution in [3.8, 4) is 46.0 Å². The third-order valence-electron chi connectivity index (χ3n) is 9.68. The van der Waals surface area contributed by atoms with Crippen molar-refractivity contribution < 1.29 is 172 Å². The van der Waals surface area contributed by atoms with E-state index in [9.17, 15) is 40.9 Å². The fourth-order valence-electron chi connectivity index (χ4n) is 7.80. The van der Waals surface area contributed by atoms with Crippen LogP contribution in [0.1, 0.15) is 118 Å². The molecule has 8 N–H and O–H groups in total. The van der Waals surface area contributed by atoms with Crippen LogP contribution in [-0.4, -0.2) is 40.9 Å². The van der Waals surface area contributed by atoms with Gasteiger partial charge in [0.15, 0.2) is 0 Å². The third kappa shape index (κ3) is 7.32. The summed E-state index contributed by atoms with van der Waals surface area (Å²) in [6.07, 6.45) is 0. The van der Waals surface area contributed by atoms with Gasteiger partial charge in [0, 0.05) is 177 Å². The van der Waals surface area contributed by atoms with Gasteiger partial charge in [-0.3, -0.25) is 0 Å². The van der Waals surface area contributed by atoms with Crippen LogP contribution in [0, 0.1) is 52.0 Å². The Kier molecular flexibility index (Phi) is 16.2. The molecule has 0 saturated carbocycles. The van der Waals surface area contributed by atoms with Crippen LogP contribution in [0.3, 0.4) is 0 Å². The largest absolute Gasteiger partial charge is 0.534 e. The molecule has 0 unspecified atom stereocenters. The molecule has 8 nitrogen and oxygen atoms in total. The molecule has 48 heavy (non-hydrogen) atoms. The molecule has 4 aromatic rings. The maximum absolute atomic E-state index is 11.1. The topological polar surface area (TPSA) is 162 Å². The van der Waals surface area contributed by atoms with Gasteiger partial charge in [0.05, 0.1) is 0 Å². The standard InChI is InChI=1S/C36H36O8.4Y/c1-13-29-17(5)31-14(2)33(25(41)10-23(31)39)19(7)35-16(4)36(28(44)12-27(35)43)20(8)34-15(3)32(24(40)11-26(34)42)18(6)30(13)22(38)9-21(29)37;;;;/h17-20,37-44H,1-8H3;;;;/q-4;;;;. The molecule has 0 heterocycles. The van der Waals surface area contributed by atoms with E-state index in [0.29, 0.717) is 66.8 Å². The summed E-state index contributed by atoms with van der Waals surface area (Å²) in [6, 6.07) is 10.5. The van der Waals surface area contributed by atoms with Crippen LogP contribution in [0.15, 0.2) is 0 Å². The second kappa shape index (κ2) is 17.0. The Labute approximate surface area is 382 Å².